The van der Waals surface area contributed by atoms with Crippen LogP contribution in [0.2, 0.25) is 0 Å². The quantitative estimate of drug-likeness (QED) is 0.738. The number of rotatable bonds is 6. The third-order valence-electron chi connectivity index (χ3n) is 2.21. The summed E-state index contributed by atoms with van der Waals surface area (Å²) >= 11 is 4.28. The predicted molar refractivity (Wildman–Crippen MR) is 77.2 cm³/mol. The van der Waals surface area contributed by atoms with Crippen molar-refractivity contribution >= 4 is 12.6 Å². The van der Waals surface area contributed by atoms with Crippen molar-refractivity contribution in [3.63, 3.8) is 0 Å². The van der Waals surface area contributed by atoms with Gasteiger partial charge >= 0.3 is 0 Å². The largest absolute Gasteiger partial charge is 0.298 e. The molecule has 0 N–H and O–H groups in total. The van der Waals surface area contributed by atoms with Crippen LogP contribution in [0.25, 0.3) is 0 Å². The predicted octanol–water partition coefficient (Wildman–Crippen LogP) is 3.85. The van der Waals surface area contributed by atoms with Crippen molar-refractivity contribution in [1.82, 2.24) is 4.90 Å². The second kappa shape index (κ2) is 11.0. The van der Waals surface area contributed by atoms with E-state index < -0.39 is 0 Å². The summed E-state index contributed by atoms with van der Waals surface area (Å²) in [5.41, 5.74) is 1.39. The van der Waals surface area contributed by atoms with Crippen LogP contribution in [0, 0.1) is 0 Å². The third kappa shape index (κ3) is 6.91. The molecule has 0 spiro atoms. The van der Waals surface area contributed by atoms with E-state index in [9.17, 15) is 0 Å². The van der Waals surface area contributed by atoms with E-state index in [1.54, 1.807) is 0 Å². The van der Waals surface area contributed by atoms with Gasteiger partial charge in [0.15, 0.2) is 0 Å². The zero-order valence-corrected chi connectivity index (χ0v) is 11.7. The number of thiol groups is 1. The van der Waals surface area contributed by atoms with E-state index in [1.165, 1.54) is 12.0 Å². The highest BCUT2D eigenvalue weighted by Crippen LogP contribution is 2.04. The van der Waals surface area contributed by atoms with Crippen LogP contribution in [0.5, 0.6) is 0 Å². The van der Waals surface area contributed by atoms with Gasteiger partial charge in [0.25, 0.3) is 0 Å². The highest BCUT2D eigenvalue weighted by molar-refractivity contribution is 7.80. The van der Waals surface area contributed by atoms with E-state index in [-0.39, 0.29) is 0 Å². The molecule has 0 amide bonds. The zero-order chi connectivity index (χ0) is 12.2. The Morgan fingerprint density at radius 1 is 1.06 bits per heavy atom. The molecule has 0 radical (unpaired) electrons. The molecule has 2 heteroatoms. The van der Waals surface area contributed by atoms with Crippen molar-refractivity contribution in [2.24, 2.45) is 0 Å². The van der Waals surface area contributed by atoms with Gasteiger partial charge in [-0.25, -0.2) is 0 Å². The van der Waals surface area contributed by atoms with Crippen LogP contribution in [-0.4, -0.2) is 23.7 Å². The van der Waals surface area contributed by atoms with E-state index in [2.05, 4.69) is 54.8 Å². The van der Waals surface area contributed by atoms with Gasteiger partial charge in [0, 0.05) is 18.8 Å². The Bertz CT molecular complexity index is 230. The SMILES string of the molecule is CC.CCCN(CCS)Cc1ccccc1. The zero-order valence-electron chi connectivity index (χ0n) is 10.8. The number of nitrogens with zero attached hydrogens (tertiary/aromatic N) is 1. The lowest BCUT2D eigenvalue weighted by Crippen LogP contribution is -2.26. The first-order valence-electron chi connectivity index (χ1n) is 6.24. The molecule has 0 saturated heterocycles. The Labute approximate surface area is 106 Å². The fraction of sp³-hybridized carbons (Fsp3) is 0.571. The van der Waals surface area contributed by atoms with Crippen molar-refractivity contribution in [3.8, 4) is 0 Å². The Morgan fingerprint density at radius 2 is 1.69 bits per heavy atom. The molecule has 0 aliphatic rings. The molecular weight excluding hydrogens is 214 g/mol. The fourth-order valence-electron chi connectivity index (χ4n) is 1.57. The van der Waals surface area contributed by atoms with Crippen LogP contribution in [0.15, 0.2) is 30.3 Å². The normalized spacial score (nSPS) is 9.81. The molecule has 0 aromatic heterocycles. The summed E-state index contributed by atoms with van der Waals surface area (Å²) in [6.07, 6.45) is 1.21. The van der Waals surface area contributed by atoms with Crippen LogP contribution in [-0.2, 0) is 6.54 Å². The van der Waals surface area contributed by atoms with Crippen LogP contribution < -0.4 is 0 Å². The van der Waals surface area contributed by atoms with E-state index in [4.69, 9.17) is 0 Å². The van der Waals surface area contributed by atoms with E-state index in [1.807, 2.05) is 13.8 Å². The first-order chi connectivity index (χ1) is 7.86. The van der Waals surface area contributed by atoms with Gasteiger partial charge < -0.3 is 0 Å². The summed E-state index contributed by atoms with van der Waals surface area (Å²) in [5.74, 6) is 0.937. The fourth-order valence-corrected chi connectivity index (χ4v) is 1.85. The molecule has 0 unspecified atom stereocenters. The maximum absolute atomic E-state index is 4.28. The van der Waals surface area contributed by atoms with Crippen LogP contribution in [0.1, 0.15) is 32.8 Å². The number of hydrogen-bond donors (Lipinski definition) is 1. The first kappa shape index (κ1) is 15.5. The van der Waals surface area contributed by atoms with Gasteiger partial charge in [-0.1, -0.05) is 51.1 Å². The summed E-state index contributed by atoms with van der Waals surface area (Å²) in [6, 6.07) is 10.6. The molecule has 0 saturated carbocycles. The molecule has 0 atom stereocenters. The third-order valence-corrected chi connectivity index (χ3v) is 2.41. The van der Waals surface area contributed by atoms with Gasteiger partial charge in [-0.3, -0.25) is 4.90 Å². The highest BCUT2D eigenvalue weighted by Gasteiger charge is 2.02. The molecule has 1 aromatic carbocycles. The van der Waals surface area contributed by atoms with Crippen LogP contribution in [0.3, 0.4) is 0 Å². The molecular formula is C14H25NS. The average molecular weight is 239 g/mol. The second-order valence-corrected chi connectivity index (χ2v) is 3.93. The summed E-state index contributed by atoms with van der Waals surface area (Å²) in [5, 5.41) is 0. The molecule has 0 aliphatic carbocycles. The summed E-state index contributed by atoms with van der Waals surface area (Å²) in [4.78, 5) is 2.45. The van der Waals surface area contributed by atoms with E-state index in [0.717, 1.165) is 25.4 Å². The molecule has 92 valence electrons. The van der Waals surface area contributed by atoms with Gasteiger partial charge in [-0.05, 0) is 18.5 Å². The van der Waals surface area contributed by atoms with Gasteiger partial charge in [-0.15, -0.1) is 0 Å². The lowest BCUT2D eigenvalue weighted by atomic mass is 10.2. The molecule has 0 fully saturated rings. The Hall–Kier alpha value is -0.470. The maximum Gasteiger partial charge on any atom is 0.0234 e. The lowest BCUT2D eigenvalue weighted by molar-refractivity contribution is 0.283. The van der Waals surface area contributed by atoms with Crippen molar-refractivity contribution < 1.29 is 0 Å². The molecule has 1 rings (SSSR count). The van der Waals surface area contributed by atoms with Crippen molar-refractivity contribution in [1.29, 1.82) is 0 Å². The van der Waals surface area contributed by atoms with Crippen molar-refractivity contribution in [3.05, 3.63) is 35.9 Å². The van der Waals surface area contributed by atoms with Gasteiger partial charge in [0.1, 0.15) is 0 Å². The summed E-state index contributed by atoms with van der Waals surface area (Å²) < 4.78 is 0. The van der Waals surface area contributed by atoms with Crippen molar-refractivity contribution in [2.75, 3.05) is 18.8 Å². The van der Waals surface area contributed by atoms with Crippen molar-refractivity contribution in [2.45, 2.75) is 33.7 Å². The Kier molecular flexibility index (Phi) is 10.7. The standard InChI is InChI=1S/C12H19NS.C2H6/c1-2-8-13(9-10-14)11-12-6-4-3-5-7-12;1-2/h3-7,14H,2,8-11H2,1H3;1-2H3. The molecule has 0 heterocycles. The van der Waals surface area contributed by atoms with Crippen LogP contribution in [0.4, 0.5) is 0 Å². The molecule has 1 nitrogen and oxygen atoms in total. The maximum atomic E-state index is 4.28. The minimum atomic E-state index is 0.937. The monoisotopic (exact) mass is 239 g/mol. The smallest absolute Gasteiger partial charge is 0.0234 e. The van der Waals surface area contributed by atoms with Gasteiger partial charge in [0.05, 0.1) is 0 Å². The topological polar surface area (TPSA) is 3.24 Å². The second-order valence-electron chi connectivity index (χ2n) is 3.49. The van der Waals surface area contributed by atoms with E-state index in [0.29, 0.717) is 0 Å². The molecule has 0 bridgehead atoms. The minimum absolute atomic E-state index is 0.937. The molecule has 16 heavy (non-hydrogen) atoms. The number of hydrogen-bond acceptors (Lipinski definition) is 2. The first-order valence-corrected chi connectivity index (χ1v) is 6.87. The van der Waals surface area contributed by atoms with Gasteiger partial charge in [0.2, 0.25) is 0 Å². The Morgan fingerprint density at radius 3 is 2.19 bits per heavy atom. The minimum Gasteiger partial charge on any atom is -0.298 e. The van der Waals surface area contributed by atoms with E-state index >= 15 is 0 Å². The summed E-state index contributed by atoms with van der Waals surface area (Å²) in [7, 11) is 0. The lowest BCUT2D eigenvalue weighted by Gasteiger charge is -2.20. The molecule has 1 aromatic rings. The number of benzene rings is 1. The molecule has 0 aliphatic heterocycles. The van der Waals surface area contributed by atoms with Crippen LogP contribution >= 0.6 is 12.6 Å². The average Bonchev–Trinajstić information content (AvgIpc) is 2.34. The Balaban J connectivity index is 0.00000106. The summed E-state index contributed by atoms with van der Waals surface area (Å²) in [6.45, 7) is 9.51. The highest BCUT2D eigenvalue weighted by atomic mass is 32.1. The van der Waals surface area contributed by atoms with Gasteiger partial charge in [-0.2, -0.15) is 12.6 Å².